The predicted octanol–water partition coefficient (Wildman–Crippen LogP) is 3.96. The van der Waals surface area contributed by atoms with Gasteiger partial charge >= 0.3 is 0 Å². The summed E-state index contributed by atoms with van der Waals surface area (Å²) in [6.45, 7) is 0. The number of benzene rings is 1. The minimum Gasteiger partial charge on any atom is -0.345 e. The minimum atomic E-state index is -0.196. The number of carbonyl (C=O) groups excluding carboxylic acids is 1. The quantitative estimate of drug-likeness (QED) is 0.627. The maximum Gasteiger partial charge on any atom is 0.251 e. The van der Waals surface area contributed by atoms with E-state index in [2.05, 4.69) is 27.9 Å². The molecule has 1 N–H and O–H groups in total. The van der Waals surface area contributed by atoms with Crippen LogP contribution in [0.4, 0.5) is 0 Å². The van der Waals surface area contributed by atoms with Crippen LogP contribution < -0.4 is 5.32 Å². The molecule has 0 aromatic heterocycles. The van der Waals surface area contributed by atoms with E-state index >= 15 is 0 Å². The average molecular weight is 378 g/mol. The van der Waals surface area contributed by atoms with Crippen LogP contribution in [0.15, 0.2) is 24.3 Å². The summed E-state index contributed by atoms with van der Waals surface area (Å²) in [5, 5.41) is 3.15. The largest absolute Gasteiger partial charge is 0.345 e. The van der Waals surface area contributed by atoms with E-state index < -0.39 is 0 Å². The minimum absolute atomic E-state index is 0.00364. The molecule has 1 aliphatic rings. The van der Waals surface area contributed by atoms with E-state index in [1.54, 1.807) is 0 Å². The van der Waals surface area contributed by atoms with Crippen LogP contribution >= 0.6 is 34.2 Å². The lowest BCUT2D eigenvalue weighted by Crippen LogP contribution is -2.51. The van der Waals surface area contributed by atoms with Crippen molar-refractivity contribution < 1.29 is 4.79 Å². The third-order valence-corrected chi connectivity index (χ3v) is 4.71. The SMILES string of the molecule is O=C(NC1(CCl)CCCCC1)c1cccc(I)c1. The van der Waals surface area contributed by atoms with Crippen molar-refractivity contribution in [3.63, 3.8) is 0 Å². The highest BCUT2D eigenvalue weighted by Gasteiger charge is 2.32. The Balaban J connectivity index is 2.10. The van der Waals surface area contributed by atoms with Crippen LogP contribution in [0.2, 0.25) is 0 Å². The molecule has 18 heavy (non-hydrogen) atoms. The van der Waals surface area contributed by atoms with Crippen molar-refractivity contribution in [3.8, 4) is 0 Å². The third kappa shape index (κ3) is 3.38. The van der Waals surface area contributed by atoms with Gasteiger partial charge in [0.25, 0.3) is 5.91 Å². The number of hydrogen-bond acceptors (Lipinski definition) is 1. The number of amides is 1. The maximum absolute atomic E-state index is 12.3. The van der Waals surface area contributed by atoms with Crippen molar-refractivity contribution in [1.82, 2.24) is 5.32 Å². The van der Waals surface area contributed by atoms with Crippen LogP contribution in [0.5, 0.6) is 0 Å². The summed E-state index contributed by atoms with van der Waals surface area (Å²) >= 11 is 8.30. The number of hydrogen-bond donors (Lipinski definition) is 1. The highest BCUT2D eigenvalue weighted by Crippen LogP contribution is 2.29. The van der Waals surface area contributed by atoms with Gasteiger partial charge in [-0.3, -0.25) is 4.79 Å². The lowest BCUT2D eigenvalue weighted by Gasteiger charge is -2.36. The molecule has 1 aliphatic carbocycles. The lowest BCUT2D eigenvalue weighted by atomic mass is 9.83. The zero-order chi connectivity index (χ0) is 13.0. The Labute approximate surface area is 127 Å². The highest BCUT2D eigenvalue weighted by atomic mass is 127. The lowest BCUT2D eigenvalue weighted by molar-refractivity contribution is 0.0884. The Bertz CT molecular complexity index is 430. The van der Waals surface area contributed by atoms with Crippen molar-refractivity contribution in [2.24, 2.45) is 0 Å². The first kappa shape index (κ1) is 14.1. The molecule has 0 saturated heterocycles. The van der Waals surface area contributed by atoms with Crippen LogP contribution in [-0.4, -0.2) is 17.3 Å². The smallest absolute Gasteiger partial charge is 0.251 e. The fraction of sp³-hybridized carbons (Fsp3) is 0.500. The number of carbonyl (C=O) groups is 1. The molecule has 0 atom stereocenters. The van der Waals surface area contributed by atoms with Gasteiger partial charge in [-0.05, 0) is 53.6 Å². The topological polar surface area (TPSA) is 29.1 Å². The number of nitrogens with one attached hydrogen (secondary N) is 1. The summed E-state index contributed by atoms with van der Waals surface area (Å²) < 4.78 is 1.07. The van der Waals surface area contributed by atoms with E-state index in [1.807, 2.05) is 24.3 Å². The fourth-order valence-corrected chi connectivity index (χ4v) is 3.34. The molecule has 1 amide bonds. The second-order valence-corrected chi connectivity index (χ2v) is 6.45. The molecule has 0 radical (unpaired) electrons. The summed E-state index contributed by atoms with van der Waals surface area (Å²) in [4.78, 5) is 12.3. The van der Waals surface area contributed by atoms with Gasteiger partial charge in [-0.25, -0.2) is 0 Å². The summed E-state index contributed by atoms with van der Waals surface area (Å²) in [7, 11) is 0. The Hall–Kier alpha value is -0.290. The van der Waals surface area contributed by atoms with Crippen LogP contribution in [0, 0.1) is 3.57 Å². The molecule has 4 heteroatoms. The van der Waals surface area contributed by atoms with E-state index in [9.17, 15) is 4.79 Å². The van der Waals surface area contributed by atoms with E-state index in [0.29, 0.717) is 5.88 Å². The Kier molecular flexibility index (Phi) is 4.90. The number of rotatable bonds is 3. The Morgan fingerprint density at radius 1 is 1.33 bits per heavy atom. The molecule has 1 saturated carbocycles. The van der Waals surface area contributed by atoms with Gasteiger partial charge in [-0.1, -0.05) is 25.3 Å². The van der Waals surface area contributed by atoms with Gasteiger partial charge < -0.3 is 5.32 Å². The third-order valence-electron chi connectivity index (χ3n) is 3.53. The summed E-state index contributed by atoms with van der Waals surface area (Å²) in [5.74, 6) is 0.499. The standard InChI is InChI=1S/C14H17ClINO/c15-10-14(7-2-1-3-8-14)17-13(18)11-5-4-6-12(16)9-11/h4-6,9H,1-3,7-8,10H2,(H,17,18). The van der Waals surface area contributed by atoms with Gasteiger partial charge in [0.15, 0.2) is 0 Å². The van der Waals surface area contributed by atoms with Gasteiger partial charge in [-0.2, -0.15) is 0 Å². The van der Waals surface area contributed by atoms with Crippen molar-refractivity contribution >= 4 is 40.1 Å². The van der Waals surface area contributed by atoms with Crippen LogP contribution in [0.25, 0.3) is 0 Å². The molecule has 0 spiro atoms. The first-order valence-electron chi connectivity index (χ1n) is 6.29. The van der Waals surface area contributed by atoms with Crippen LogP contribution in [0.1, 0.15) is 42.5 Å². The van der Waals surface area contributed by atoms with Crippen molar-refractivity contribution in [3.05, 3.63) is 33.4 Å². The molecule has 98 valence electrons. The first-order valence-corrected chi connectivity index (χ1v) is 7.91. The first-order chi connectivity index (χ1) is 8.65. The predicted molar refractivity (Wildman–Crippen MR) is 83.2 cm³/mol. The van der Waals surface area contributed by atoms with Crippen molar-refractivity contribution in [2.45, 2.75) is 37.6 Å². The van der Waals surface area contributed by atoms with Crippen molar-refractivity contribution in [2.75, 3.05) is 5.88 Å². The van der Waals surface area contributed by atoms with Crippen LogP contribution in [-0.2, 0) is 0 Å². The fourth-order valence-electron chi connectivity index (χ4n) is 2.46. The second-order valence-electron chi connectivity index (χ2n) is 4.94. The molecule has 1 aromatic carbocycles. The van der Waals surface area contributed by atoms with E-state index in [4.69, 9.17) is 11.6 Å². The molecule has 0 unspecified atom stereocenters. The average Bonchev–Trinajstić information content (AvgIpc) is 2.40. The zero-order valence-corrected chi connectivity index (χ0v) is 13.1. The van der Waals surface area contributed by atoms with Crippen LogP contribution in [0.3, 0.4) is 0 Å². The van der Waals surface area contributed by atoms with E-state index in [0.717, 1.165) is 34.8 Å². The highest BCUT2D eigenvalue weighted by molar-refractivity contribution is 14.1. The molecule has 2 nitrogen and oxygen atoms in total. The van der Waals surface area contributed by atoms with Gasteiger partial charge in [0.2, 0.25) is 0 Å². The number of halogens is 2. The second kappa shape index (κ2) is 6.24. The summed E-state index contributed by atoms with van der Waals surface area (Å²) in [6, 6.07) is 7.64. The molecular formula is C14H17ClINO. The molecule has 1 aromatic rings. The molecular weight excluding hydrogens is 361 g/mol. The van der Waals surface area contributed by atoms with Crippen molar-refractivity contribution in [1.29, 1.82) is 0 Å². The number of alkyl halides is 1. The molecule has 1 fully saturated rings. The maximum atomic E-state index is 12.3. The van der Waals surface area contributed by atoms with Gasteiger partial charge in [0.05, 0.1) is 5.54 Å². The molecule has 0 heterocycles. The monoisotopic (exact) mass is 377 g/mol. The summed E-state index contributed by atoms with van der Waals surface area (Å²) in [5.41, 5.74) is 0.523. The van der Waals surface area contributed by atoms with Gasteiger partial charge in [0, 0.05) is 15.0 Å². The molecule has 0 bridgehead atoms. The molecule has 2 rings (SSSR count). The Morgan fingerprint density at radius 2 is 2.06 bits per heavy atom. The summed E-state index contributed by atoms with van der Waals surface area (Å²) in [6.07, 6.45) is 5.54. The van der Waals surface area contributed by atoms with E-state index in [1.165, 1.54) is 6.42 Å². The van der Waals surface area contributed by atoms with Gasteiger partial charge in [0.1, 0.15) is 0 Å². The van der Waals surface area contributed by atoms with E-state index in [-0.39, 0.29) is 11.4 Å². The molecule has 0 aliphatic heterocycles. The Morgan fingerprint density at radius 3 is 2.67 bits per heavy atom. The zero-order valence-electron chi connectivity index (χ0n) is 10.2. The normalized spacial score (nSPS) is 18.3. The van der Waals surface area contributed by atoms with Gasteiger partial charge in [-0.15, -0.1) is 11.6 Å².